The summed E-state index contributed by atoms with van der Waals surface area (Å²) in [7, 11) is 0. The van der Waals surface area contributed by atoms with Crippen molar-refractivity contribution in [2.45, 2.75) is 115 Å². The predicted octanol–water partition coefficient (Wildman–Crippen LogP) is -5.30. The molecule has 2 rings (SSSR count). The van der Waals surface area contributed by atoms with Crippen molar-refractivity contribution in [3.8, 4) is 5.75 Å². The molecule has 0 spiro atoms. The normalized spacial score (nSPS) is 21.2. The van der Waals surface area contributed by atoms with Crippen LogP contribution in [0.3, 0.4) is 0 Å². The number of phenols is 1. The molecule has 12 amide bonds. The first-order valence-corrected chi connectivity index (χ1v) is 21.2. The van der Waals surface area contributed by atoms with Crippen LogP contribution < -0.4 is 65.1 Å². The average molecular weight is 931 g/mol. The van der Waals surface area contributed by atoms with E-state index in [9.17, 15) is 62.6 Å². The van der Waals surface area contributed by atoms with Gasteiger partial charge < -0.3 is 70.2 Å². The fraction of sp³-hybridized carbons (Fsp3) is 0.561. The Morgan fingerprint density at radius 2 is 1.35 bits per heavy atom. The fourth-order valence-corrected chi connectivity index (χ4v) is 6.40. The third-order valence-corrected chi connectivity index (χ3v) is 10.1. The minimum atomic E-state index is -1.83. The third kappa shape index (κ3) is 20.0. The lowest BCUT2D eigenvalue weighted by atomic mass is 9.96. The number of hydrogen-bond acceptors (Lipinski definition) is 13. The number of rotatable bonds is 18. The molecule has 16 N–H and O–H groups in total. The molecule has 0 aliphatic carbocycles. The van der Waals surface area contributed by atoms with E-state index >= 15 is 0 Å². The van der Waals surface area contributed by atoms with Crippen molar-refractivity contribution in [2.24, 2.45) is 29.0 Å². The summed E-state index contributed by atoms with van der Waals surface area (Å²) in [6, 6.07) is -3.29. The molecular formula is C41H62N12O13. The molecule has 7 atom stereocenters. The molecule has 1 saturated heterocycles. The predicted molar refractivity (Wildman–Crippen MR) is 232 cm³/mol. The van der Waals surface area contributed by atoms with Crippen LogP contribution in [0, 0.1) is 11.8 Å². The van der Waals surface area contributed by atoms with Gasteiger partial charge in [0.2, 0.25) is 70.9 Å². The lowest BCUT2D eigenvalue weighted by Gasteiger charge is -2.29. The number of carbonyl (C=O) groups is 12. The molecule has 0 bridgehead atoms. The molecule has 1 aromatic rings. The largest absolute Gasteiger partial charge is 0.508 e. The molecule has 1 fully saturated rings. The van der Waals surface area contributed by atoms with Crippen molar-refractivity contribution < 1.29 is 62.6 Å². The Morgan fingerprint density at radius 1 is 0.727 bits per heavy atom. The van der Waals surface area contributed by atoms with Crippen LogP contribution in [0.15, 0.2) is 24.3 Å². The van der Waals surface area contributed by atoms with Crippen LogP contribution in [0.5, 0.6) is 5.75 Å². The number of nitrogens with one attached hydrogen (secondary N) is 9. The standard InChI is InChI=1S/C41H62N12O13/c1-5-21(4)35-41(66)51-25(10-12-29(42)55)38(63)52-28(16-30(43)56)39(64)50-24(36(61)47-19-34(60)48-26(14-20(2)3)37(62)46-17-31(44)57)11-13-32(58)45-18-33(59)49-27(40(65)53-35)15-22-6-8-23(54)9-7-22/h6-9,20-21,24-28,35,54H,5,10-19H2,1-4H3,(H2,42,55)(H2,43,56)(H2,44,57)(H,45,58)(H,46,62)(H,47,61)(H,48,60)(H,49,59)(H,50,64)(H,51,66)(H,52,63)(H,53,65)/t21-,24-,25-,26-,27-,28-,35-/m0/s1. The first kappa shape index (κ1) is 54.8. The first-order valence-electron chi connectivity index (χ1n) is 21.2. The van der Waals surface area contributed by atoms with E-state index in [4.69, 9.17) is 17.2 Å². The number of benzene rings is 1. The smallest absolute Gasteiger partial charge is 0.243 e. The van der Waals surface area contributed by atoms with Gasteiger partial charge in [-0.15, -0.1) is 0 Å². The third-order valence-electron chi connectivity index (χ3n) is 10.1. The van der Waals surface area contributed by atoms with Crippen molar-refractivity contribution >= 4 is 70.9 Å². The molecule has 25 nitrogen and oxygen atoms in total. The monoisotopic (exact) mass is 930 g/mol. The molecule has 0 unspecified atom stereocenters. The van der Waals surface area contributed by atoms with Gasteiger partial charge in [0.1, 0.15) is 42.0 Å². The summed E-state index contributed by atoms with van der Waals surface area (Å²) in [5.41, 5.74) is 16.3. The Morgan fingerprint density at radius 3 is 1.94 bits per heavy atom. The number of hydrogen-bond donors (Lipinski definition) is 13. The topological polar surface area (TPSA) is 411 Å². The molecule has 364 valence electrons. The van der Waals surface area contributed by atoms with Crippen molar-refractivity contribution in [1.82, 2.24) is 47.9 Å². The highest BCUT2D eigenvalue weighted by atomic mass is 16.3. The van der Waals surface area contributed by atoms with Crippen molar-refractivity contribution in [3.05, 3.63) is 29.8 Å². The molecule has 25 heteroatoms. The van der Waals surface area contributed by atoms with E-state index in [1.54, 1.807) is 27.7 Å². The number of nitrogens with two attached hydrogens (primary N) is 3. The van der Waals surface area contributed by atoms with Gasteiger partial charge in [-0.25, -0.2) is 0 Å². The zero-order valence-electron chi connectivity index (χ0n) is 37.3. The number of phenolic OH excluding ortho intramolecular Hbond substituents is 1. The van der Waals surface area contributed by atoms with E-state index < -0.39 is 165 Å². The lowest BCUT2D eigenvalue weighted by Crippen LogP contribution is -2.61. The van der Waals surface area contributed by atoms with Crippen LogP contribution in [0.4, 0.5) is 0 Å². The molecule has 1 aliphatic heterocycles. The van der Waals surface area contributed by atoms with Gasteiger partial charge in [-0.1, -0.05) is 46.2 Å². The van der Waals surface area contributed by atoms with Gasteiger partial charge in [0.15, 0.2) is 0 Å². The highest BCUT2D eigenvalue weighted by molar-refractivity contribution is 5.99. The number of aromatic hydroxyl groups is 1. The molecular weight excluding hydrogens is 869 g/mol. The SMILES string of the molecule is CC[C@H](C)[C@@H]1NC(=O)[C@H](Cc2ccc(O)cc2)NC(=O)CNC(=O)CC[C@@H](C(=O)NCC(=O)N[C@@H](CC(C)C)C(=O)NCC(N)=O)NC(=O)[C@H](CC(N)=O)NC(=O)[C@H](CCC(N)=O)NC1=O. The summed E-state index contributed by atoms with van der Waals surface area (Å²) in [6.45, 7) is 4.90. The van der Waals surface area contributed by atoms with Gasteiger partial charge in [0, 0.05) is 19.3 Å². The first-order chi connectivity index (χ1) is 31.0. The molecule has 0 saturated carbocycles. The minimum Gasteiger partial charge on any atom is -0.508 e. The Labute approximate surface area is 380 Å². The molecule has 1 aromatic carbocycles. The van der Waals surface area contributed by atoms with Crippen LogP contribution in [-0.2, 0) is 64.0 Å². The zero-order chi connectivity index (χ0) is 49.7. The van der Waals surface area contributed by atoms with Crippen molar-refractivity contribution in [3.63, 3.8) is 0 Å². The number of carbonyl (C=O) groups excluding carboxylic acids is 12. The molecule has 1 aliphatic rings. The summed E-state index contributed by atoms with van der Waals surface area (Å²) < 4.78 is 0. The maximum absolute atomic E-state index is 13.9. The van der Waals surface area contributed by atoms with Crippen LogP contribution in [0.2, 0.25) is 0 Å². The second-order valence-corrected chi connectivity index (χ2v) is 16.2. The van der Waals surface area contributed by atoms with E-state index in [0.717, 1.165) is 0 Å². The maximum atomic E-state index is 13.9. The number of amides is 12. The molecule has 0 aromatic heterocycles. The highest BCUT2D eigenvalue weighted by Gasteiger charge is 2.35. The summed E-state index contributed by atoms with van der Waals surface area (Å²) in [5.74, 6) is -12.0. The van der Waals surface area contributed by atoms with E-state index in [2.05, 4.69) is 47.9 Å². The second-order valence-electron chi connectivity index (χ2n) is 16.2. The van der Waals surface area contributed by atoms with Gasteiger partial charge in [0.05, 0.1) is 26.1 Å². The van der Waals surface area contributed by atoms with E-state index in [1.807, 2.05) is 0 Å². The minimum absolute atomic E-state index is 0.0730. The Bertz CT molecular complexity index is 1960. The summed E-state index contributed by atoms with van der Waals surface area (Å²) in [6.07, 6.45) is -2.50. The van der Waals surface area contributed by atoms with Crippen molar-refractivity contribution in [2.75, 3.05) is 19.6 Å². The molecule has 0 radical (unpaired) electrons. The van der Waals surface area contributed by atoms with Gasteiger partial charge in [-0.05, 0) is 48.8 Å². The quantitative estimate of drug-likeness (QED) is 0.0655. The highest BCUT2D eigenvalue weighted by Crippen LogP contribution is 2.14. The Hall–Kier alpha value is -7.34. The van der Waals surface area contributed by atoms with Crippen LogP contribution >= 0.6 is 0 Å². The van der Waals surface area contributed by atoms with Crippen LogP contribution in [0.1, 0.15) is 78.2 Å². The van der Waals surface area contributed by atoms with Gasteiger partial charge in [-0.2, -0.15) is 0 Å². The van der Waals surface area contributed by atoms with Crippen LogP contribution in [0.25, 0.3) is 0 Å². The Balaban J connectivity index is 2.55. The number of primary amides is 3. The van der Waals surface area contributed by atoms with Gasteiger partial charge >= 0.3 is 0 Å². The summed E-state index contributed by atoms with van der Waals surface area (Å²) in [5, 5.41) is 31.4. The fourth-order valence-electron chi connectivity index (χ4n) is 6.40. The summed E-state index contributed by atoms with van der Waals surface area (Å²) >= 11 is 0. The Kier molecular flexibility index (Phi) is 22.5. The maximum Gasteiger partial charge on any atom is 0.243 e. The van der Waals surface area contributed by atoms with Crippen LogP contribution in [-0.4, -0.2) is 132 Å². The van der Waals surface area contributed by atoms with Gasteiger partial charge in [0.25, 0.3) is 0 Å². The molecule has 66 heavy (non-hydrogen) atoms. The van der Waals surface area contributed by atoms with Gasteiger partial charge in [-0.3, -0.25) is 57.5 Å². The molecule has 1 heterocycles. The van der Waals surface area contributed by atoms with E-state index in [0.29, 0.717) is 12.0 Å². The zero-order valence-corrected chi connectivity index (χ0v) is 37.3. The van der Waals surface area contributed by atoms with Crippen molar-refractivity contribution in [1.29, 1.82) is 0 Å². The van der Waals surface area contributed by atoms with E-state index in [1.165, 1.54) is 24.3 Å². The second kappa shape index (κ2) is 27.1. The lowest BCUT2D eigenvalue weighted by molar-refractivity contribution is -0.137. The van der Waals surface area contributed by atoms with E-state index in [-0.39, 0.29) is 24.5 Å². The average Bonchev–Trinajstić information content (AvgIpc) is 3.24. The summed E-state index contributed by atoms with van der Waals surface area (Å²) in [4.78, 5) is 156.